The Labute approximate surface area is 121 Å². The zero-order valence-corrected chi connectivity index (χ0v) is 12.1. The largest absolute Gasteiger partial charge is 0.379 e. The van der Waals surface area contributed by atoms with Crippen molar-refractivity contribution < 1.29 is 0 Å². The van der Waals surface area contributed by atoms with Crippen LogP contribution in [-0.4, -0.2) is 13.1 Å². The molecule has 20 heavy (non-hydrogen) atoms. The maximum Gasteiger partial charge on any atom is 0.0602 e. The van der Waals surface area contributed by atoms with E-state index in [1.165, 1.54) is 48.4 Å². The number of hydrogen-bond acceptors (Lipinski definition) is 2. The van der Waals surface area contributed by atoms with E-state index in [-0.39, 0.29) is 0 Å². The molecule has 2 nitrogen and oxygen atoms in total. The van der Waals surface area contributed by atoms with Gasteiger partial charge in [-0.1, -0.05) is 36.4 Å². The quantitative estimate of drug-likeness (QED) is 0.892. The molecule has 1 fully saturated rings. The third-order valence-corrected chi connectivity index (χ3v) is 4.08. The summed E-state index contributed by atoms with van der Waals surface area (Å²) < 4.78 is 0. The van der Waals surface area contributed by atoms with Gasteiger partial charge in [-0.25, -0.2) is 0 Å². The van der Waals surface area contributed by atoms with E-state index < -0.39 is 0 Å². The molecule has 2 aromatic carbocycles. The molecule has 0 unspecified atom stereocenters. The maximum atomic E-state index is 3.61. The Balaban J connectivity index is 1.76. The Morgan fingerprint density at radius 2 is 1.65 bits per heavy atom. The Morgan fingerprint density at radius 1 is 0.950 bits per heavy atom. The summed E-state index contributed by atoms with van der Waals surface area (Å²) in [4.78, 5) is 2.49. The summed E-state index contributed by atoms with van der Waals surface area (Å²) >= 11 is 0. The molecule has 1 aliphatic heterocycles. The average molecular weight is 266 g/mol. The van der Waals surface area contributed by atoms with Gasteiger partial charge in [0, 0.05) is 19.6 Å². The lowest BCUT2D eigenvalue weighted by Gasteiger charge is -2.22. The molecular formula is C18H22N2. The highest BCUT2D eigenvalue weighted by Crippen LogP contribution is 2.29. The van der Waals surface area contributed by atoms with Gasteiger partial charge >= 0.3 is 0 Å². The fourth-order valence-corrected chi connectivity index (χ4v) is 2.86. The second-order valence-electron chi connectivity index (χ2n) is 5.49. The van der Waals surface area contributed by atoms with Gasteiger partial charge in [-0.05, 0) is 43.0 Å². The van der Waals surface area contributed by atoms with Gasteiger partial charge in [0.05, 0.1) is 11.4 Å². The monoisotopic (exact) mass is 266 g/mol. The highest BCUT2D eigenvalue weighted by atomic mass is 15.2. The number of rotatable bonds is 4. The minimum absolute atomic E-state index is 0.886. The smallest absolute Gasteiger partial charge is 0.0602 e. The summed E-state index contributed by atoms with van der Waals surface area (Å²) in [6.45, 7) is 5.42. The molecule has 1 heterocycles. The second-order valence-corrected chi connectivity index (χ2v) is 5.49. The van der Waals surface area contributed by atoms with Crippen molar-refractivity contribution in [1.82, 2.24) is 0 Å². The van der Waals surface area contributed by atoms with E-state index in [0.717, 1.165) is 6.54 Å². The molecule has 0 saturated carbocycles. The van der Waals surface area contributed by atoms with Crippen LogP contribution in [0.2, 0.25) is 0 Å². The topological polar surface area (TPSA) is 15.3 Å². The van der Waals surface area contributed by atoms with E-state index in [0.29, 0.717) is 0 Å². The zero-order chi connectivity index (χ0) is 13.8. The van der Waals surface area contributed by atoms with Crippen molar-refractivity contribution in [2.75, 3.05) is 23.3 Å². The van der Waals surface area contributed by atoms with Gasteiger partial charge < -0.3 is 10.2 Å². The predicted molar refractivity (Wildman–Crippen MR) is 86.4 cm³/mol. The van der Waals surface area contributed by atoms with Crippen LogP contribution in [0, 0.1) is 6.92 Å². The summed E-state index contributed by atoms with van der Waals surface area (Å²) in [5.41, 5.74) is 5.30. The number of para-hydroxylation sites is 2. The molecule has 0 radical (unpaired) electrons. The fourth-order valence-electron chi connectivity index (χ4n) is 2.86. The molecule has 1 saturated heterocycles. The van der Waals surface area contributed by atoms with Gasteiger partial charge in [0.15, 0.2) is 0 Å². The molecule has 0 spiro atoms. The van der Waals surface area contributed by atoms with E-state index in [9.17, 15) is 0 Å². The van der Waals surface area contributed by atoms with Crippen molar-refractivity contribution in [3.8, 4) is 0 Å². The first-order valence-corrected chi connectivity index (χ1v) is 7.47. The van der Waals surface area contributed by atoms with Crippen LogP contribution in [0.1, 0.15) is 24.0 Å². The van der Waals surface area contributed by atoms with E-state index in [2.05, 4.69) is 65.7 Å². The molecule has 0 aliphatic carbocycles. The standard InChI is InChI=1S/C18H22N2/c1-15-8-2-3-9-16(15)14-19-17-10-4-5-11-18(17)20-12-6-7-13-20/h2-5,8-11,19H,6-7,12-14H2,1H3. The van der Waals surface area contributed by atoms with Crippen molar-refractivity contribution in [2.45, 2.75) is 26.3 Å². The molecule has 2 aromatic rings. The average Bonchev–Trinajstić information content (AvgIpc) is 3.01. The first kappa shape index (κ1) is 13.0. The first-order chi connectivity index (χ1) is 9.84. The Hall–Kier alpha value is -1.96. The first-order valence-electron chi connectivity index (χ1n) is 7.47. The molecule has 104 valence electrons. The van der Waals surface area contributed by atoms with Crippen molar-refractivity contribution in [3.05, 3.63) is 59.7 Å². The maximum absolute atomic E-state index is 3.61. The summed E-state index contributed by atoms with van der Waals surface area (Å²) in [6, 6.07) is 17.2. The zero-order valence-electron chi connectivity index (χ0n) is 12.1. The van der Waals surface area contributed by atoms with Crippen LogP contribution < -0.4 is 10.2 Å². The Bertz CT molecular complexity index is 571. The SMILES string of the molecule is Cc1ccccc1CNc1ccccc1N1CCCC1. The lowest BCUT2D eigenvalue weighted by atomic mass is 10.1. The third-order valence-electron chi connectivity index (χ3n) is 4.08. The molecule has 0 bridgehead atoms. The van der Waals surface area contributed by atoms with Crippen molar-refractivity contribution in [2.24, 2.45) is 0 Å². The third kappa shape index (κ3) is 2.79. The minimum atomic E-state index is 0.886. The molecule has 0 aromatic heterocycles. The van der Waals surface area contributed by atoms with Crippen LogP contribution in [0.25, 0.3) is 0 Å². The lowest BCUT2D eigenvalue weighted by Crippen LogP contribution is -2.19. The summed E-state index contributed by atoms with van der Waals surface area (Å²) in [7, 11) is 0. The molecule has 2 heteroatoms. The minimum Gasteiger partial charge on any atom is -0.379 e. The van der Waals surface area contributed by atoms with E-state index >= 15 is 0 Å². The van der Waals surface area contributed by atoms with Gasteiger partial charge in [0.1, 0.15) is 0 Å². The molecule has 0 atom stereocenters. The van der Waals surface area contributed by atoms with E-state index in [1.54, 1.807) is 0 Å². The normalized spacial score (nSPS) is 14.6. The number of hydrogen-bond donors (Lipinski definition) is 1. The number of anilines is 2. The van der Waals surface area contributed by atoms with Gasteiger partial charge in [-0.3, -0.25) is 0 Å². The van der Waals surface area contributed by atoms with Crippen LogP contribution in [-0.2, 0) is 6.54 Å². The second kappa shape index (κ2) is 6.00. The van der Waals surface area contributed by atoms with Crippen LogP contribution in [0.3, 0.4) is 0 Å². The van der Waals surface area contributed by atoms with Gasteiger partial charge in [0.2, 0.25) is 0 Å². The highest BCUT2D eigenvalue weighted by Gasteiger charge is 2.15. The summed E-state index contributed by atoms with van der Waals surface area (Å²) in [5.74, 6) is 0. The van der Waals surface area contributed by atoms with Gasteiger partial charge in [0.25, 0.3) is 0 Å². The van der Waals surface area contributed by atoms with E-state index in [1.807, 2.05) is 0 Å². The van der Waals surface area contributed by atoms with Crippen LogP contribution in [0.5, 0.6) is 0 Å². The van der Waals surface area contributed by atoms with Crippen LogP contribution in [0.15, 0.2) is 48.5 Å². The lowest BCUT2D eigenvalue weighted by molar-refractivity contribution is 0.949. The molecule has 1 N–H and O–H groups in total. The van der Waals surface area contributed by atoms with Crippen molar-refractivity contribution >= 4 is 11.4 Å². The summed E-state index contributed by atoms with van der Waals surface area (Å²) in [5, 5.41) is 3.61. The number of nitrogens with one attached hydrogen (secondary N) is 1. The fraction of sp³-hybridized carbons (Fsp3) is 0.333. The van der Waals surface area contributed by atoms with Crippen LogP contribution in [0.4, 0.5) is 11.4 Å². The van der Waals surface area contributed by atoms with Crippen molar-refractivity contribution in [1.29, 1.82) is 0 Å². The van der Waals surface area contributed by atoms with Crippen LogP contribution >= 0.6 is 0 Å². The molecule has 3 rings (SSSR count). The molecular weight excluding hydrogens is 244 g/mol. The van der Waals surface area contributed by atoms with Crippen molar-refractivity contribution in [3.63, 3.8) is 0 Å². The van der Waals surface area contributed by atoms with E-state index in [4.69, 9.17) is 0 Å². The Morgan fingerprint density at radius 3 is 2.45 bits per heavy atom. The molecule has 1 aliphatic rings. The van der Waals surface area contributed by atoms with Gasteiger partial charge in [-0.2, -0.15) is 0 Å². The van der Waals surface area contributed by atoms with Gasteiger partial charge in [-0.15, -0.1) is 0 Å². The summed E-state index contributed by atoms with van der Waals surface area (Å²) in [6.07, 6.45) is 2.62. The number of aryl methyl sites for hydroxylation is 1. The Kier molecular flexibility index (Phi) is 3.91. The predicted octanol–water partition coefficient (Wildman–Crippen LogP) is 4.21. The molecule has 0 amide bonds. The number of nitrogens with zero attached hydrogens (tertiary/aromatic N) is 1. The number of benzene rings is 2. The highest BCUT2D eigenvalue weighted by molar-refractivity contribution is 5.70.